The Labute approximate surface area is 164 Å². The zero-order valence-electron chi connectivity index (χ0n) is 15.3. The van der Waals surface area contributed by atoms with Crippen LogP contribution in [-0.4, -0.2) is 43.7 Å². The van der Waals surface area contributed by atoms with Crippen LogP contribution in [0.25, 0.3) is 11.4 Å². The van der Waals surface area contributed by atoms with E-state index in [0.717, 1.165) is 5.56 Å². The summed E-state index contributed by atoms with van der Waals surface area (Å²) in [5, 5.41) is 23.9. The van der Waals surface area contributed by atoms with Crippen molar-refractivity contribution in [3.05, 3.63) is 53.4 Å². The second-order valence-electron chi connectivity index (χ2n) is 5.54. The smallest absolute Gasteiger partial charge is 0.307 e. The standard InChI is InChI=1S/C17H18N6O4S/c1-4-7-22-16(12-5-6-14(26-2)15(8-12)27-3)19-20-17(22)28-11-21-10-13(9-18-21)23(24)25/h4-6,8-10H,1,7,11H2,2-3H3. The highest BCUT2D eigenvalue weighted by atomic mass is 32.2. The molecule has 0 unspecified atom stereocenters. The number of benzene rings is 1. The molecule has 28 heavy (non-hydrogen) atoms. The molecular formula is C17H18N6O4S. The molecule has 11 heteroatoms. The van der Waals surface area contributed by atoms with Gasteiger partial charge in [-0.1, -0.05) is 17.8 Å². The van der Waals surface area contributed by atoms with Gasteiger partial charge in [-0.3, -0.25) is 19.4 Å². The van der Waals surface area contributed by atoms with Crippen molar-refractivity contribution in [2.24, 2.45) is 0 Å². The molecule has 0 aliphatic rings. The van der Waals surface area contributed by atoms with Crippen LogP contribution in [-0.2, 0) is 12.4 Å². The van der Waals surface area contributed by atoms with Gasteiger partial charge >= 0.3 is 5.69 Å². The number of thioether (sulfide) groups is 1. The van der Waals surface area contributed by atoms with Crippen LogP contribution in [0.1, 0.15) is 0 Å². The van der Waals surface area contributed by atoms with Gasteiger partial charge in [-0.15, -0.1) is 16.8 Å². The Bertz CT molecular complexity index is 999. The van der Waals surface area contributed by atoms with Crippen LogP contribution in [0.3, 0.4) is 0 Å². The molecule has 1 aromatic carbocycles. The molecule has 146 valence electrons. The van der Waals surface area contributed by atoms with E-state index in [-0.39, 0.29) is 5.69 Å². The van der Waals surface area contributed by atoms with E-state index in [1.807, 2.05) is 16.7 Å². The largest absolute Gasteiger partial charge is 0.493 e. The summed E-state index contributed by atoms with van der Waals surface area (Å²) in [5.74, 6) is 2.21. The summed E-state index contributed by atoms with van der Waals surface area (Å²) >= 11 is 1.36. The maximum Gasteiger partial charge on any atom is 0.307 e. The van der Waals surface area contributed by atoms with Crippen molar-refractivity contribution in [3.63, 3.8) is 0 Å². The van der Waals surface area contributed by atoms with Crippen molar-refractivity contribution in [2.75, 3.05) is 14.2 Å². The average molecular weight is 402 g/mol. The van der Waals surface area contributed by atoms with Gasteiger partial charge in [0.25, 0.3) is 0 Å². The van der Waals surface area contributed by atoms with Crippen LogP contribution >= 0.6 is 11.8 Å². The van der Waals surface area contributed by atoms with E-state index < -0.39 is 4.92 Å². The molecule has 3 aromatic rings. The molecule has 0 spiro atoms. The minimum atomic E-state index is -0.483. The maximum absolute atomic E-state index is 10.8. The van der Waals surface area contributed by atoms with Crippen molar-refractivity contribution in [3.8, 4) is 22.9 Å². The number of methoxy groups -OCH3 is 2. The lowest BCUT2D eigenvalue weighted by Gasteiger charge is -2.11. The van der Waals surface area contributed by atoms with Crippen molar-refractivity contribution < 1.29 is 14.4 Å². The number of hydrogen-bond donors (Lipinski definition) is 0. The van der Waals surface area contributed by atoms with Crippen molar-refractivity contribution in [1.29, 1.82) is 0 Å². The predicted molar refractivity (Wildman–Crippen MR) is 103 cm³/mol. The lowest BCUT2D eigenvalue weighted by atomic mass is 10.2. The molecule has 0 N–H and O–H groups in total. The molecule has 0 bridgehead atoms. The summed E-state index contributed by atoms with van der Waals surface area (Å²) in [6.45, 7) is 4.29. The maximum atomic E-state index is 10.8. The third-order valence-electron chi connectivity index (χ3n) is 3.83. The van der Waals surface area contributed by atoms with E-state index in [4.69, 9.17) is 9.47 Å². The van der Waals surface area contributed by atoms with Gasteiger partial charge in [-0.05, 0) is 18.2 Å². The van der Waals surface area contributed by atoms with Gasteiger partial charge in [-0.25, -0.2) is 0 Å². The summed E-state index contributed by atoms with van der Waals surface area (Å²) in [6, 6.07) is 5.50. The van der Waals surface area contributed by atoms with Crippen LogP contribution in [0.5, 0.6) is 11.5 Å². The molecule has 0 radical (unpaired) electrons. The Hall–Kier alpha value is -3.34. The highest BCUT2D eigenvalue weighted by Crippen LogP contribution is 2.33. The molecule has 0 aliphatic heterocycles. The number of allylic oxidation sites excluding steroid dienone is 1. The number of hydrogen-bond acceptors (Lipinski definition) is 8. The third-order valence-corrected chi connectivity index (χ3v) is 4.78. The Morgan fingerprint density at radius 1 is 1.29 bits per heavy atom. The second kappa shape index (κ2) is 8.57. The summed E-state index contributed by atoms with van der Waals surface area (Å²) in [7, 11) is 3.15. The average Bonchev–Trinajstić information content (AvgIpc) is 3.33. The summed E-state index contributed by atoms with van der Waals surface area (Å²) in [4.78, 5) is 10.3. The van der Waals surface area contributed by atoms with Gasteiger partial charge in [0.2, 0.25) is 0 Å². The fourth-order valence-corrected chi connectivity index (χ4v) is 3.32. The Balaban J connectivity index is 1.87. The summed E-state index contributed by atoms with van der Waals surface area (Å²) in [5.41, 5.74) is 0.757. The quantitative estimate of drug-likeness (QED) is 0.232. The van der Waals surface area contributed by atoms with Crippen LogP contribution in [0.4, 0.5) is 5.69 Å². The second-order valence-corrected chi connectivity index (χ2v) is 6.46. The number of nitro groups is 1. The van der Waals surface area contributed by atoms with Gasteiger partial charge in [0.05, 0.1) is 25.0 Å². The topological polar surface area (TPSA) is 110 Å². The Morgan fingerprint density at radius 2 is 2.07 bits per heavy atom. The molecular weight excluding hydrogens is 384 g/mol. The molecule has 0 aliphatic carbocycles. The van der Waals surface area contributed by atoms with Crippen LogP contribution in [0.15, 0.2) is 48.4 Å². The van der Waals surface area contributed by atoms with Crippen LogP contribution in [0, 0.1) is 10.1 Å². The third kappa shape index (κ3) is 3.98. The summed E-state index contributed by atoms with van der Waals surface area (Å²) < 4.78 is 14.0. The van der Waals surface area contributed by atoms with Gasteiger partial charge in [-0.2, -0.15) is 5.10 Å². The van der Waals surface area contributed by atoms with Crippen LogP contribution < -0.4 is 9.47 Å². The zero-order chi connectivity index (χ0) is 20.1. The first-order valence-corrected chi connectivity index (χ1v) is 9.12. The Morgan fingerprint density at radius 3 is 2.71 bits per heavy atom. The van der Waals surface area contributed by atoms with E-state index >= 15 is 0 Å². The molecule has 0 fully saturated rings. The highest BCUT2D eigenvalue weighted by Gasteiger charge is 2.16. The fraction of sp³-hybridized carbons (Fsp3) is 0.235. The monoisotopic (exact) mass is 402 g/mol. The van der Waals surface area contributed by atoms with Gasteiger partial charge in [0.15, 0.2) is 22.5 Å². The molecule has 0 saturated heterocycles. The molecule has 3 rings (SSSR count). The van der Waals surface area contributed by atoms with Gasteiger partial charge in [0.1, 0.15) is 12.4 Å². The van der Waals surface area contributed by atoms with E-state index in [2.05, 4.69) is 21.9 Å². The normalized spacial score (nSPS) is 10.6. The number of ether oxygens (including phenoxy) is 2. The fourth-order valence-electron chi connectivity index (χ4n) is 2.52. The van der Waals surface area contributed by atoms with Gasteiger partial charge in [0, 0.05) is 12.1 Å². The van der Waals surface area contributed by atoms with E-state index in [1.54, 1.807) is 26.4 Å². The lowest BCUT2D eigenvalue weighted by Crippen LogP contribution is -2.02. The van der Waals surface area contributed by atoms with Gasteiger partial charge < -0.3 is 9.47 Å². The minimum absolute atomic E-state index is 0.0563. The Kier molecular flexibility index (Phi) is 5.94. The number of aromatic nitrogens is 5. The molecule has 2 aromatic heterocycles. The van der Waals surface area contributed by atoms with Crippen molar-refractivity contribution in [2.45, 2.75) is 17.6 Å². The van der Waals surface area contributed by atoms with E-state index in [9.17, 15) is 10.1 Å². The zero-order valence-corrected chi connectivity index (χ0v) is 16.1. The first-order valence-electron chi connectivity index (χ1n) is 8.13. The lowest BCUT2D eigenvalue weighted by molar-refractivity contribution is -0.385. The highest BCUT2D eigenvalue weighted by molar-refractivity contribution is 7.98. The van der Waals surface area contributed by atoms with Crippen molar-refractivity contribution in [1.82, 2.24) is 24.5 Å². The molecule has 0 saturated carbocycles. The number of rotatable bonds is 9. The first-order chi connectivity index (χ1) is 13.6. The molecule has 0 amide bonds. The van der Waals surface area contributed by atoms with Crippen LogP contribution in [0.2, 0.25) is 0 Å². The number of nitrogens with zero attached hydrogens (tertiary/aromatic N) is 6. The molecule has 10 nitrogen and oxygen atoms in total. The molecule has 2 heterocycles. The predicted octanol–water partition coefficient (Wildman–Crippen LogP) is 3.00. The van der Waals surface area contributed by atoms with Crippen molar-refractivity contribution >= 4 is 17.4 Å². The van der Waals surface area contributed by atoms with E-state index in [0.29, 0.717) is 34.9 Å². The summed E-state index contributed by atoms with van der Waals surface area (Å²) in [6.07, 6.45) is 4.33. The van der Waals surface area contributed by atoms with E-state index in [1.165, 1.54) is 28.8 Å². The molecule has 0 atom stereocenters. The minimum Gasteiger partial charge on any atom is -0.493 e. The first kappa shape index (κ1) is 19.4. The SMILES string of the molecule is C=CCn1c(SCn2cc([N+](=O)[O-])cn2)nnc1-c1ccc(OC)c(OC)c1.